The van der Waals surface area contributed by atoms with E-state index in [1.807, 2.05) is 43.3 Å². The molecule has 0 saturated carbocycles. The van der Waals surface area contributed by atoms with Crippen LogP contribution in [0.3, 0.4) is 0 Å². The van der Waals surface area contributed by atoms with Gasteiger partial charge in [0.1, 0.15) is 11.5 Å². The monoisotopic (exact) mass is 414 g/mol. The van der Waals surface area contributed by atoms with Gasteiger partial charge in [-0.2, -0.15) is 0 Å². The van der Waals surface area contributed by atoms with Crippen molar-refractivity contribution in [1.29, 1.82) is 0 Å². The van der Waals surface area contributed by atoms with Crippen LogP contribution in [0.4, 0.5) is 4.79 Å². The quantitative estimate of drug-likeness (QED) is 0.676. The molecule has 1 heterocycles. The molecule has 1 amide bonds. The van der Waals surface area contributed by atoms with E-state index in [0.717, 1.165) is 34.9 Å². The van der Waals surface area contributed by atoms with E-state index in [1.54, 1.807) is 14.1 Å². The van der Waals surface area contributed by atoms with E-state index in [0.29, 0.717) is 12.4 Å². The lowest BCUT2D eigenvalue weighted by Gasteiger charge is -2.27. The Bertz CT molecular complexity index is 911. The van der Waals surface area contributed by atoms with Gasteiger partial charge in [0.25, 0.3) is 0 Å². The lowest BCUT2D eigenvalue weighted by Crippen LogP contribution is -2.26. The van der Waals surface area contributed by atoms with Gasteiger partial charge >= 0.3 is 6.09 Å². The number of aryl methyl sites for hydroxylation is 1. The minimum absolute atomic E-state index is 0.201. The average molecular weight is 415 g/mol. The number of hydrogen-bond acceptors (Lipinski definition) is 4. The summed E-state index contributed by atoms with van der Waals surface area (Å²) in [6.07, 6.45) is 4.66. The summed E-state index contributed by atoms with van der Waals surface area (Å²) in [6.45, 7) is 3.40. The number of amides is 1. The van der Waals surface area contributed by atoms with Gasteiger partial charge in [-0.25, -0.2) is 4.79 Å². The van der Waals surface area contributed by atoms with E-state index >= 15 is 0 Å². The predicted molar refractivity (Wildman–Crippen MR) is 117 cm³/mol. The van der Waals surface area contributed by atoms with Crippen LogP contribution in [0.15, 0.2) is 42.5 Å². The summed E-state index contributed by atoms with van der Waals surface area (Å²) in [6, 6.07) is 11.7. The maximum Gasteiger partial charge on any atom is 0.414 e. The second kappa shape index (κ2) is 9.33. The first-order chi connectivity index (χ1) is 13.8. The first kappa shape index (κ1) is 21.2. The third kappa shape index (κ3) is 5.31. The van der Waals surface area contributed by atoms with Crippen LogP contribution in [-0.2, 0) is 0 Å². The number of nitrogens with zero attached hydrogens (tertiary/aromatic N) is 2. The molecule has 2 aromatic carbocycles. The lowest BCUT2D eigenvalue weighted by atomic mass is 9.97. The number of fused-ring (bicyclic) bond motifs is 1. The molecule has 0 aromatic heterocycles. The molecule has 1 aliphatic rings. The standard InChI is InChI=1S/C23H27ClN2O3/c1-16-14-18(8-10-21(16)24)28-13-11-22-20-9-7-19(29-23(27)25(2)3)15-17(20)6-5-12-26(22)4/h5-10,14-15,22H,11-13H2,1-4H3. The maximum absolute atomic E-state index is 11.8. The Balaban J connectivity index is 1.72. The Labute approximate surface area is 177 Å². The zero-order valence-corrected chi connectivity index (χ0v) is 18.1. The van der Waals surface area contributed by atoms with Gasteiger partial charge in [0, 0.05) is 38.1 Å². The lowest BCUT2D eigenvalue weighted by molar-refractivity contribution is 0.172. The second-order valence-electron chi connectivity index (χ2n) is 7.46. The molecule has 0 radical (unpaired) electrons. The molecule has 5 nitrogen and oxygen atoms in total. The zero-order chi connectivity index (χ0) is 21.0. The van der Waals surface area contributed by atoms with Crippen LogP contribution >= 0.6 is 11.6 Å². The number of halogens is 1. The summed E-state index contributed by atoms with van der Waals surface area (Å²) in [7, 11) is 5.44. The summed E-state index contributed by atoms with van der Waals surface area (Å²) >= 11 is 6.09. The molecular weight excluding hydrogens is 388 g/mol. The van der Waals surface area contributed by atoms with Crippen LogP contribution in [0.5, 0.6) is 11.5 Å². The van der Waals surface area contributed by atoms with Crippen molar-refractivity contribution in [3.8, 4) is 11.5 Å². The largest absolute Gasteiger partial charge is 0.494 e. The highest BCUT2D eigenvalue weighted by molar-refractivity contribution is 6.31. The molecule has 0 saturated heterocycles. The molecule has 154 valence electrons. The molecule has 1 unspecified atom stereocenters. The summed E-state index contributed by atoms with van der Waals surface area (Å²) in [5, 5.41) is 0.742. The summed E-state index contributed by atoms with van der Waals surface area (Å²) < 4.78 is 11.4. The van der Waals surface area contributed by atoms with Crippen LogP contribution in [0.2, 0.25) is 5.02 Å². The summed E-state index contributed by atoms with van der Waals surface area (Å²) in [5.41, 5.74) is 3.26. The number of likely N-dealkylation sites (N-methyl/N-ethyl adjacent to an activating group) is 1. The smallest absolute Gasteiger partial charge is 0.414 e. The molecule has 6 heteroatoms. The third-order valence-corrected chi connectivity index (χ3v) is 5.42. The Morgan fingerprint density at radius 3 is 2.69 bits per heavy atom. The highest BCUT2D eigenvalue weighted by Crippen LogP contribution is 2.32. The van der Waals surface area contributed by atoms with Crippen molar-refractivity contribution in [3.63, 3.8) is 0 Å². The summed E-state index contributed by atoms with van der Waals surface area (Å²) in [4.78, 5) is 15.5. The van der Waals surface area contributed by atoms with E-state index in [2.05, 4.69) is 24.1 Å². The summed E-state index contributed by atoms with van der Waals surface area (Å²) in [5.74, 6) is 1.37. The molecule has 1 atom stereocenters. The number of benzene rings is 2. The van der Waals surface area contributed by atoms with Crippen molar-refractivity contribution in [2.75, 3.05) is 34.3 Å². The maximum atomic E-state index is 11.8. The normalized spacial score (nSPS) is 16.1. The van der Waals surface area contributed by atoms with Crippen molar-refractivity contribution in [2.24, 2.45) is 0 Å². The number of ether oxygens (including phenoxy) is 2. The minimum Gasteiger partial charge on any atom is -0.494 e. The Morgan fingerprint density at radius 1 is 1.21 bits per heavy atom. The Hall–Kier alpha value is -2.50. The number of rotatable bonds is 5. The van der Waals surface area contributed by atoms with Crippen molar-refractivity contribution in [2.45, 2.75) is 19.4 Å². The first-order valence-corrected chi connectivity index (χ1v) is 10.0. The van der Waals surface area contributed by atoms with Crippen molar-refractivity contribution in [3.05, 3.63) is 64.2 Å². The highest BCUT2D eigenvalue weighted by Gasteiger charge is 2.22. The molecule has 0 N–H and O–H groups in total. The highest BCUT2D eigenvalue weighted by atomic mass is 35.5. The van der Waals surface area contributed by atoms with E-state index in [4.69, 9.17) is 21.1 Å². The van der Waals surface area contributed by atoms with Gasteiger partial charge in [-0.1, -0.05) is 29.8 Å². The van der Waals surface area contributed by atoms with E-state index in [-0.39, 0.29) is 12.1 Å². The van der Waals surface area contributed by atoms with Crippen LogP contribution < -0.4 is 9.47 Å². The number of hydrogen-bond donors (Lipinski definition) is 0. The second-order valence-corrected chi connectivity index (χ2v) is 7.87. The average Bonchev–Trinajstić information content (AvgIpc) is 2.83. The van der Waals surface area contributed by atoms with Crippen LogP contribution in [0.25, 0.3) is 6.08 Å². The molecule has 0 spiro atoms. The molecule has 0 bridgehead atoms. The van der Waals surface area contributed by atoms with Gasteiger partial charge in [-0.05, 0) is 61.0 Å². The fourth-order valence-electron chi connectivity index (χ4n) is 3.34. The molecule has 2 aromatic rings. The number of carbonyl (C=O) groups excluding carboxylic acids is 1. The van der Waals surface area contributed by atoms with E-state index in [9.17, 15) is 4.79 Å². The molecule has 1 aliphatic heterocycles. The SMILES string of the molecule is Cc1cc(OCCC2c3ccc(OC(=O)N(C)C)cc3C=CCN2C)ccc1Cl. The molecule has 0 aliphatic carbocycles. The van der Waals surface area contributed by atoms with Crippen molar-refractivity contribution < 1.29 is 14.3 Å². The Kier molecular flexibility index (Phi) is 6.83. The molecular formula is C23H27ClN2O3. The van der Waals surface area contributed by atoms with Gasteiger partial charge in [0.05, 0.1) is 6.61 Å². The van der Waals surface area contributed by atoms with E-state index in [1.165, 1.54) is 10.5 Å². The minimum atomic E-state index is -0.386. The van der Waals surface area contributed by atoms with Crippen molar-refractivity contribution >= 4 is 23.8 Å². The van der Waals surface area contributed by atoms with E-state index < -0.39 is 0 Å². The first-order valence-electron chi connectivity index (χ1n) is 9.64. The van der Waals surface area contributed by atoms with Crippen LogP contribution in [0, 0.1) is 6.92 Å². The fourth-order valence-corrected chi connectivity index (χ4v) is 3.46. The number of carbonyl (C=O) groups is 1. The molecule has 0 fully saturated rings. The van der Waals surface area contributed by atoms with Crippen molar-refractivity contribution in [1.82, 2.24) is 9.80 Å². The zero-order valence-electron chi connectivity index (χ0n) is 17.3. The van der Waals surface area contributed by atoms with Gasteiger partial charge in [-0.15, -0.1) is 0 Å². The van der Waals surface area contributed by atoms with Gasteiger partial charge in [-0.3, -0.25) is 4.90 Å². The third-order valence-electron chi connectivity index (χ3n) is 5.00. The topological polar surface area (TPSA) is 42.0 Å². The van der Waals surface area contributed by atoms with Gasteiger partial charge < -0.3 is 14.4 Å². The van der Waals surface area contributed by atoms with Crippen LogP contribution in [-0.4, -0.2) is 50.2 Å². The fraction of sp³-hybridized carbons (Fsp3) is 0.348. The van der Waals surface area contributed by atoms with Gasteiger partial charge in [0.2, 0.25) is 0 Å². The predicted octanol–water partition coefficient (Wildman–Crippen LogP) is 5.18. The van der Waals surface area contributed by atoms with Gasteiger partial charge in [0.15, 0.2) is 0 Å². The van der Waals surface area contributed by atoms with Crippen LogP contribution in [0.1, 0.15) is 29.2 Å². The molecule has 29 heavy (non-hydrogen) atoms. The Morgan fingerprint density at radius 2 is 1.97 bits per heavy atom. The molecule has 3 rings (SSSR count).